The fourth-order valence-electron chi connectivity index (χ4n) is 1.66. The van der Waals surface area contributed by atoms with Crippen LogP contribution >= 0.6 is 0 Å². The van der Waals surface area contributed by atoms with Gasteiger partial charge in [-0.1, -0.05) is 6.07 Å². The molecule has 2 aromatic carbocycles. The van der Waals surface area contributed by atoms with Crippen molar-refractivity contribution >= 4 is 15.7 Å². The van der Waals surface area contributed by atoms with Crippen LogP contribution in [0.25, 0.3) is 0 Å². The molecule has 0 fully saturated rings. The van der Waals surface area contributed by atoms with E-state index in [1.807, 2.05) is 4.72 Å². The molecule has 112 valence electrons. The van der Waals surface area contributed by atoms with Gasteiger partial charge in [0.05, 0.1) is 7.11 Å². The number of nitrogens with one attached hydrogen (secondary N) is 1. The second-order valence-corrected chi connectivity index (χ2v) is 5.69. The Morgan fingerprint density at radius 3 is 2.57 bits per heavy atom. The number of phenolic OH excluding ortho intramolecular Hbond substituents is 1. The van der Waals surface area contributed by atoms with E-state index in [4.69, 9.17) is 4.74 Å². The molecule has 21 heavy (non-hydrogen) atoms. The van der Waals surface area contributed by atoms with Gasteiger partial charge in [0.25, 0.3) is 10.0 Å². The normalized spacial score (nSPS) is 11.2. The van der Waals surface area contributed by atoms with Crippen molar-refractivity contribution < 1.29 is 27.0 Å². The lowest BCUT2D eigenvalue weighted by molar-refractivity contribution is 0.411. The highest BCUT2D eigenvalue weighted by Gasteiger charge is 2.23. The molecule has 0 aliphatic carbocycles. The first kappa shape index (κ1) is 15.0. The van der Waals surface area contributed by atoms with E-state index < -0.39 is 32.3 Å². The van der Waals surface area contributed by atoms with Crippen LogP contribution in [-0.2, 0) is 10.0 Å². The summed E-state index contributed by atoms with van der Waals surface area (Å²) in [7, 11) is -3.15. The molecule has 0 bridgehead atoms. The number of ether oxygens (including phenoxy) is 1. The van der Waals surface area contributed by atoms with Crippen LogP contribution in [0.3, 0.4) is 0 Å². The molecule has 0 heterocycles. The summed E-state index contributed by atoms with van der Waals surface area (Å²) in [5.74, 6) is -2.38. The zero-order chi connectivity index (χ0) is 15.6. The number of halogens is 2. The van der Waals surface area contributed by atoms with Gasteiger partial charge in [-0.05, 0) is 30.3 Å². The minimum absolute atomic E-state index is 0.0374. The van der Waals surface area contributed by atoms with E-state index in [1.54, 1.807) is 0 Å². The largest absolute Gasteiger partial charge is 0.506 e. The summed E-state index contributed by atoms with van der Waals surface area (Å²) in [6, 6.07) is 6.11. The van der Waals surface area contributed by atoms with Gasteiger partial charge in [0.1, 0.15) is 33.7 Å². The molecule has 0 unspecified atom stereocenters. The number of methoxy groups -OCH3 is 1. The molecule has 0 spiro atoms. The van der Waals surface area contributed by atoms with Crippen LogP contribution in [0.1, 0.15) is 0 Å². The fraction of sp³-hybridized carbons (Fsp3) is 0.0769. The lowest BCUT2D eigenvalue weighted by Crippen LogP contribution is -2.15. The van der Waals surface area contributed by atoms with Gasteiger partial charge in [-0.15, -0.1) is 0 Å². The number of hydrogen-bond acceptors (Lipinski definition) is 4. The predicted molar refractivity (Wildman–Crippen MR) is 71.8 cm³/mol. The van der Waals surface area contributed by atoms with E-state index in [0.29, 0.717) is 12.1 Å². The molecule has 0 atom stereocenters. The maximum Gasteiger partial charge on any atom is 0.265 e. The first-order valence-corrected chi connectivity index (χ1v) is 7.17. The van der Waals surface area contributed by atoms with Gasteiger partial charge in [-0.3, -0.25) is 4.72 Å². The first-order chi connectivity index (χ1) is 9.85. The summed E-state index contributed by atoms with van der Waals surface area (Å²) in [5.41, 5.74) is -0.260. The molecule has 5 nitrogen and oxygen atoms in total. The Balaban J connectivity index is 2.50. The average molecular weight is 315 g/mol. The van der Waals surface area contributed by atoms with Crippen molar-refractivity contribution in [1.29, 1.82) is 0 Å². The molecule has 2 N–H and O–H groups in total. The first-order valence-electron chi connectivity index (χ1n) is 5.69. The second kappa shape index (κ2) is 5.57. The monoisotopic (exact) mass is 315 g/mol. The Morgan fingerprint density at radius 1 is 1.19 bits per heavy atom. The van der Waals surface area contributed by atoms with Crippen molar-refractivity contribution in [2.24, 2.45) is 0 Å². The number of rotatable bonds is 4. The van der Waals surface area contributed by atoms with Crippen molar-refractivity contribution in [2.75, 3.05) is 11.8 Å². The molecule has 0 saturated carbocycles. The van der Waals surface area contributed by atoms with E-state index in [0.717, 1.165) is 6.07 Å². The van der Waals surface area contributed by atoms with Crippen LogP contribution in [0.2, 0.25) is 0 Å². The third kappa shape index (κ3) is 3.05. The van der Waals surface area contributed by atoms with Gasteiger partial charge in [0.2, 0.25) is 0 Å². The fourth-order valence-corrected chi connectivity index (χ4v) is 2.84. The Hall–Kier alpha value is -2.35. The maximum absolute atomic E-state index is 13.6. The Kier molecular flexibility index (Phi) is 3.99. The van der Waals surface area contributed by atoms with Crippen LogP contribution in [-0.4, -0.2) is 20.6 Å². The number of sulfonamides is 1. The van der Waals surface area contributed by atoms with Crippen LogP contribution in [0.5, 0.6) is 11.5 Å². The molecular formula is C13H11F2NO4S. The summed E-state index contributed by atoms with van der Waals surface area (Å²) < 4.78 is 57.8. The van der Waals surface area contributed by atoms with Gasteiger partial charge in [0, 0.05) is 0 Å². The number of anilines is 1. The summed E-state index contributed by atoms with van der Waals surface area (Å²) >= 11 is 0. The Bertz CT molecular complexity index is 778. The van der Waals surface area contributed by atoms with E-state index >= 15 is 0 Å². The molecule has 0 aliphatic heterocycles. The predicted octanol–water partition coefficient (Wildman–Crippen LogP) is 2.48. The lowest BCUT2D eigenvalue weighted by atomic mass is 10.3. The lowest BCUT2D eigenvalue weighted by Gasteiger charge is -2.13. The zero-order valence-corrected chi connectivity index (χ0v) is 11.6. The molecular weight excluding hydrogens is 304 g/mol. The van der Waals surface area contributed by atoms with Gasteiger partial charge in [-0.25, -0.2) is 17.2 Å². The minimum Gasteiger partial charge on any atom is -0.506 e. The smallest absolute Gasteiger partial charge is 0.265 e. The number of benzene rings is 2. The van der Waals surface area contributed by atoms with Crippen LogP contribution in [0, 0.1) is 11.6 Å². The number of hydrogen-bond donors (Lipinski definition) is 2. The molecule has 0 aromatic heterocycles. The number of phenols is 1. The minimum atomic E-state index is -4.43. The van der Waals surface area contributed by atoms with Crippen molar-refractivity contribution in [3.8, 4) is 11.5 Å². The molecule has 8 heteroatoms. The summed E-state index contributed by atoms with van der Waals surface area (Å²) in [5, 5.41) is 9.68. The Morgan fingerprint density at radius 2 is 1.90 bits per heavy atom. The van der Waals surface area contributed by atoms with Crippen molar-refractivity contribution in [3.63, 3.8) is 0 Å². The molecule has 2 aromatic rings. The van der Waals surface area contributed by atoms with E-state index in [-0.39, 0.29) is 11.4 Å². The van der Waals surface area contributed by atoms with E-state index in [1.165, 1.54) is 25.3 Å². The SMILES string of the molecule is COc1cccc(O)c1NS(=O)(=O)c1cc(F)ccc1F. The summed E-state index contributed by atoms with van der Waals surface area (Å²) in [6.07, 6.45) is 0. The second-order valence-electron chi connectivity index (χ2n) is 4.03. The number of aromatic hydroxyl groups is 1. The van der Waals surface area contributed by atoms with Crippen molar-refractivity contribution in [3.05, 3.63) is 48.0 Å². The van der Waals surface area contributed by atoms with E-state index in [2.05, 4.69) is 0 Å². The standard InChI is InChI=1S/C13H11F2NO4S/c1-20-11-4-2-3-10(17)13(11)16-21(18,19)12-7-8(14)5-6-9(12)15/h2-7,16-17H,1H3. The molecule has 2 rings (SSSR count). The van der Waals surface area contributed by atoms with Gasteiger partial charge >= 0.3 is 0 Å². The third-order valence-corrected chi connectivity index (χ3v) is 4.01. The highest BCUT2D eigenvalue weighted by molar-refractivity contribution is 7.92. The highest BCUT2D eigenvalue weighted by Crippen LogP contribution is 2.35. The molecule has 0 amide bonds. The topological polar surface area (TPSA) is 75.6 Å². The van der Waals surface area contributed by atoms with Crippen LogP contribution < -0.4 is 9.46 Å². The zero-order valence-electron chi connectivity index (χ0n) is 10.8. The third-order valence-electron chi connectivity index (χ3n) is 2.64. The Labute approximate surface area is 119 Å². The summed E-state index contributed by atoms with van der Waals surface area (Å²) in [4.78, 5) is -0.868. The van der Waals surface area contributed by atoms with Crippen LogP contribution in [0.4, 0.5) is 14.5 Å². The van der Waals surface area contributed by atoms with Gasteiger partial charge in [-0.2, -0.15) is 0 Å². The van der Waals surface area contributed by atoms with Gasteiger partial charge < -0.3 is 9.84 Å². The van der Waals surface area contributed by atoms with Crippen LogP contribution in [0.15, 0.2) is 41.3 Å². The highest BCUT2D eigenvalue weighted by atomic mass is 32.2. The molecule has 0 saturated heterocycles. The maximum atomic E-state index is 13.6. The van der Waals surface area contributed by atoms with Gasteiger partial charge in [0.15, 0.2) is 0 Å². The average Bonchev–Trinajstić information content (AvgIpc) is 2.43. The van der Waals surface area contributed by atoms with Crippen molar-refractivity contribution in [2.45, 2.75) is 4.90 Å². The quantitative estimate of drug-likeness (QED) is 0.850. The number of para-hydroxylation sites is 1. The molecule has 0 aliphatic rings. The summed E-state index contributed by atoms with van der Waals surface area (Å²) in [6.45, 7) is 0. The van der Waals surface area contributed by atoms with E-state index in [9.17, 15) is 22.3 Å². The van der Waals surface area contributed by atoms with Crippen molar-refractivity contribution in [1.82, 2.24) is 0 Å². The molecule has 0 radical (unpaired) electrons.